The van der Waals surface area contributed by atoms with Crippen molar-refractivity contribution in [1.29, 1.82) is 0 Å². The van der Waals surface area contributed by atoms with Crippen LogP contribution in [0.25, 0.3) is 0 Å². The van der Waals surface area contributed by atoms with Crippen LogP contribution in [0.4, 0.5) is 10.1 Å². The summed E-state index contributed by atoms with van der Waals surface area (Å²) in [5.74, 6) is -0.731. The molecule has 2 rings (SSSR count). The van der Waals surface area contributed by atoms with Gasteiger partial charge < -0.3 is 10.2 Å². The van der Waals surface area contributed by atoms with Crippen molar-refractivity contribution >= 4 is 17.5 Å². The third-order valence-electron chi connectivity index (χ3n) is 4.41. The third kappa shape index (κ3) is 6.20. The van der Waals surface area contributed by atoms with Crippen molar-refractivity contribution in [3.63, 3.8) is 0 Å². The fourth-order valence-corrected chi connectivity index (χ4v) is 2.69. The number of carbonyl (C=O) groups is 2. The zero-order valence-corrected chi connectivity index (χ0v) is 16.4. The molecule has 0 fully saturated rings. The number of halogens is 1. The molecule has 2 aromatic carbocycles. The largest absolute Gasteiger partial charge is 0.338 e. The second-order valence-electron chi connectivity index (χ2n) is 7.66. The zero-order chi connectivity index (χ0) is 20.0. The predicted octanol–water partition coefficient (Wildman–Crippen LogP) is 4.50. The van der Waals surface area contributed by atoms with Crippen molar-refractivity contribution < 1.29 is 14.0 Å². The van der Waals surface area contributed by atoms with Crippen LogP contribution in [0, 0.1) is 5.82 Å². The summed E-state index contributed by atoms with van der Waals surface area (Å²) in [6.07, 6.45) is 0.148. The van der Waals surface area contributed by atoms with Gasteiger partial charge in [0.15, 0.2) is 0 Å². The smallest absolute Gasteiger partial charge is 0.226 e. The lowest BCUT2D eigenvalue weighted by molar-refractivity contribution is -0.130. The quantitative estimate of drug-likeness (QED) is 0.814. The third-order valence-corrected chi connectivity index (χ3v) is 4.41. The zero-order valence-electron chi connectivity index (χ0n) is 16.4. The van der Waals surface area contributed by atoms with Gasteiger partial charge in [0, 0.05) is 37.7 Å². The second-order valence-corrected chi connectivity index (χ2v) is 7.66. The highest BCUT2D eigenvalue weighted by Gasteiger charge is 2.15. The minimum Gasteiger partial charge on any atom is -0.338 e. The Morgan fingerprint density at radius 1 is 1.04 bits per heavy atom. The Bertz CT molecular complexity index is 795. The Morgan fingerprint density at radius 2 is 1.67 bits per heavy atom. The van der Waals surface area contributed by atoms with E-state index in [1.165, 1.54) is 23.5 Å². The number of carbonyl (C=O) groups excluding carboxylic acids is 2. The van der Waals surface area contributed by atoms with Crippen LogP contribution < -0.4 is 5.32 Å². The van der Waals surface area contributed by atoms with Gasteiger partial charge in [0.2, 0.25) is 11.8 Å². The van der Waals surface area contributed by atoms with E-state index < -0.39 is 0 Å². The summed E-state index contributed by atoms with van der Waals surface area (Å²) in [6.45, 7) is 8.20. The van der Waals surface area contributed by atoms with Gasteiger partial charge in [0.1, 0.15) is 5.82 Å². The molecule has 5 heteroatoms. The normalized spacial score (nSPS) is 11.1. The molecule has 4 nitrogen and oxygen atoms in total. The first-order valence-electron chi connectivity index (χ1n) is 9.06. The average Bonchev–Trinajstić information content (AvgIpc) is 2.59. The predicted molar refractivity (Wildman–Crippen MR) is 106 cm³/mol. The number of anilines is 1. The van der Waals surface area contributed by atoms with Gasteiger partial charge in [-0.05, 0) is 29.2 Å². The molecule has 0 bridgehead atoms. The van der Waals surface area contributed by atoms with Crippen LogP contribution in [0.2, 0.25) is 0 Å². The Kier molecular flexibility index (Phi) is 6.72. The van der Waals surface area contributed by atoms with Gasteiger partial charge in [0.25, 0.3) is 0 Å². The number of nitrogens with one attached hydrogen (secondary N) is 1. The van der Waals surface area contributed by atoms with Gasteiger partial charge in [-0.15, -0.1) is 0 Å². The molecular weight excluding hydrogens is 343 g/mol. The summed E-state index contributed by atoms with van der Waals surface area (Å²) in [5, 5.41) is 2.84. The first-order valence-corrected chi connectivity index (χ1v) is 9.06. The molecule has 0 aliphatic rings. The van der Waals surface area contributed by atoms with E-state index in [-0.39, 0.29) is 42.6 Å². The van der Waals surface area contributed by atoms with Crippen molar-refractivity contribution in [1.82, 2.24) is 4.90 Å². The van der Waals surface area contributed by atoms with E-state index in [1.807, 2.05) is 24.3 Å². The van der Waals surface area contributed by atoms with Gasteiger partial charge in [-0.2, -0.15) is 0 Å². The molecular formula is C22H27FN2O2. The first-order chi connectivity index (χ1) is 12.7. The van der Waals surface area contributed by atoms with Crippen LogP contribution in [-0.2, 0) is 21.5 Å². The average molecular weight is 370 g/mol. The van der Waals surface area contributed by atoms with Crippen molar-refractivity contribution in [3.8, 4) is 0 Å². The van der Waals surface area contributed by atoms with Gasteiger partial charge in [0.05, 0.1) is 0 Å². The molecule has 0 aliphatic carbocycles. The van der Waals surface area contributed by atoms with Crippen molar-refractivity contribution in [3.05, 3.63) is 65.5 Å². The number of nitrogens with zero attached hydrogens (tertiary/aromatic N) is 1. The molecule has 144 valence electrons. The molecule has 2 amide bonds. The van der Waals surface area contributed by atoms with E-state index in [4.69, 9.17) is 0 Å². The Balaban J connectivity index is 1.92. The number of benzene rings is 2. The van der Waals surface area contributed by atoms with Gasteiger partial charge in [-0.1, -0.05) is 51.1 Å². The van der Waals surface area contributed by atoms with Crippen LogP contribution in [0.5, 0.6) is 0 Å². The fourth-order valence-electron chi connectivity index (χ4n) is 2.69. The minimum absolute atomic E-state index is 0.0528. The summed E-state index contributed by atoms with van der Waals surface area (Å²) >= 11 is 0. The van der Waals surface area contributed by atoms with E-state index in [1.54, 1.807) is 18.2 Å². The van der Waals surface area contributed by atoms with E-state index in [9.17, 15) is 14.0 Å². The van der Waals surface area contributed by atoms with Crippen LogP contribution >= 0.6 is 0 Å². The summed E-state index contributed by atoms with van der Waals surface area (Å²) in [6, 6.07) is 14.1. The lowest BCUT2D eigenvalue weighted by Crippen LogP contribution is -2.31. The van der Waals surface area contributed by atoms with Gasteiger partial charge in [-0.3, -0.25) is 9.59 Å². The van der Waals surface area contributed by atoms with Crippen LogP contribution in [0.3, 0.4) is 0 Å². The SMILES string of the molecule is CC(=O)N(CCC(=O)Nc1ccc(C(C)(C)C)cc1)Cc1ccccc1F. The summed E-state index contributed by atoms with van der Waals surface area (Å²) in [4.78, 5) is 25.5. The first kappa shape index (κ1) is 20.6. The summed E-state index contributed by atoms with van der Waals surface area (Å²) in [5.41, 5.74) is 2.40. The topological polar surface area (TPSA) is 49.4 Å². The van der Waals surface area contributed by atoms with Gasteiger partial charge in [-0.25, -0.2) is 4.39 Å². The molecule has 0 unspecified atom stereocenters. The second kappa shape index (κ2) is 8.80. The lowest BCUT2D eigenvalue weighted by atomic mass is 9.87. The lowest BCUT2D eigenvalue weighted by Gasteiger charge is -2.21. The Hall–Kier alpha value is -2.69. The Labute approximate surface area is 160 Å². The van der Waals surface area contributed by atoms with Crippen molar-refractivity contribution in [2.45, 2.75) is 46.1 Å². The molecule has 27 heavy (non-hydrogen) atoms. The van der Waals surface area contributed by atoms with E-state index in [0.29, 0.717) is 5.56 Å². The molecule has 0 saturated carbocycles. The minimum atomic E-state index is -0.355. The van der Waals surface area contributed by atoms with E-state index >= 15 is 0 Å². The molecule has 0 aliphatic heterocycles. The molecule has 0 spiro atoms. The molecule has 0 saturated heterocycles. The van der Waals surface area contributed by atoms with Gasteiger partial charge >= 0.3 is 0 Å². The molecule has 0 radical (unpaired) electrons. The standard InChI is InChI=1S/C22H27FN2O2/c1-16(26)25(15-17-7-5-6-8-20(17)23)14-13-21(27)24-19-11-9-18(10-12-19)22(2,3)4/h5-12H,13-15H2,1-4H3,(H,24,27). The highest BCUT2D eigenvalue weighted by molar-refractivity contribution is 5.91. The number of amides is 2. The molecule has 0 heterocycles. The monoisotopic (exact) mass is 370 g/mol. The fraction of sp³-hybridized carbons (Fsp3) is 0.364. The number of hydrogen-bond donors (Lipinski definition) is 1. The molecule has 0 aromatic heterocycles. The molecule has 1 N–H and O–H groups in total. The van der Waals surface area contributed by atoms with Crippen molar-refractivity contribution in [2.24, 2.45) is 0 Å². The van der Waals surface area contributed by atoms with Crippen molar-refractivity contribution in [2.75, 3.05) is 11.9 Å². The van der Waals surface area contributed by atoms with Crippen LogP contribution in [-0.4, -0.2) is 23.3 Å². The maximum absolute atomic E-state index is 13.8. The highest BCUT2D eigenvalue weighted by atomic mass is 19.1. The highest BCUT2D eigenvalue weighted by Crippen LogP contribution is 2.23. The molecule has 0 atom stereocenters. The number of rotatable bonds is 6. The summed E-state index contributed by atoms with van der Waals surface area (Å²) in [7, 11) is 0. The molecule has 2 aromatic rings. The Morgan fingerprint density at radius 3 is 2.22 bits per heavy atom. The maximum Gasteiger partial charge on any atom is 0.226 e. The van der Waals surface area contributed by atoms with Crippen LogP contribution in [0.15, 0.2) is 48.5 Å². The maximum atomic E-state index is 13.8. The summed E-state index contributed by atoms with van der Waals surface area (Å²) < 4.78 is 13.8. The number of hydrogen-bond acceptors (Lipinski definition) is 2. The van der Waals surface area contributed by atoms with E-state index in [2.05, 4.69) is 26.1 Å². The van der Waals surface area contributed by atoms with Crippen LogP contribution in [0.1, 0.15) is 45.2 Å². The van der Waals surface area contributed by atoms with E-state index in [0.717, 1.165) is 5.69 Å².